The second-order valence-electron chi connectivity index (χ2n) is 5.99. The molecule has 4 rings (SSSR count). The number of para-hydroxylation sites is 1. The molecule has 6 nitrogen and oxygen atoms in total. The average Bonchev–Trinajstić information content (AvgIpc) is 3.15. The Balaban J connectivity index is 1.49. The fourth-order valence-electron chi connectivity index (χ4n) is 2.76. The van der Waals surface area contributed by atoms with Gasteiger partial charge in [0.15, 0.2) is 5.13 Å². The summed E-state index contributed by atoms with van der Waals surface area (Å²) < 4.78 is 2.52. The van der Waals surface area contributed by atoms with Crippen molar-refractivity contribution < 1.29 is 4.79 Å². The Morgan fingerprint density at radius 2 is 2.04 bits per heavy atom. The smallest absolute Gasteiger partial charge is 0.262 e. The zero-order valence-electron chi connectivity index (χ0n) is 14.3. The summed E-state index contributed by atoms with van der Waals surface area (Å²) in [4.78, 5) is 35.5. The molecule has 0 aliphatic carbocycles. The number of rotatable bonds is 4. The van der Waals surface area contributed by atoms with Gasteiger partial charge in [-0.05, 0) is 31.5 Å². The van der Waals surface area contributed by atoms with Crippen molar-refractivity contribution >= 4 is 54.1 Å². The SMILES string of the molecule is Cc1sc2ncn(CCC(=O)Nc3nc4ccccc4s3)c(=O)c2c1C. The number of anilines is 1. The van der Waals surface area contributed by atoms with Gasteiger partial charge in [0.05, 0.1) is 21.9 Å². The molecule has 0 fully saturated rings. The number of aryl methyl sites for hydroxylation is 3. The molecule has 3 heterocycles. The molecule has 0 spiro atoms. The second kappa shape index (κ2) is 6.62. The number of hydrogen-bond acceptors (Lipinski definition) is 6. The van der Waals surface area contributed by atoms with Crippen LogP contribution in [0.1, 0.15) is 16.9 Å². The highest BCUT2D eigenvalue weighted by Crippen LogP contribution is 2.26. The minimum atomic E-state index is -0.172. The van der Waals surface area contributed by atoms with Crippen molar-refractivity contribution in [3.05, 3.63) is 51.4 Å². The lowest BCUT2D eigenvalue weighted by Crippen LogP contribution is -2.23. The number of thiophene rings is 1. The number of hydrogen-bond donors (Lipinski definition) is 1. The van der Waals surface area contributed by atoms with E-state index in [-0.39, 0.29) is 24.4 Å². The molecule has 1 aromatic carbocycles. The normalized spacial score (nSPS) is 11.3. The third kappa shape index (κ3) is 3.02. The summed E-state index contributed by atoms with van der Waals surface area (Å²) in [6.45, 7) is 4.20. The Kier molecular flexibility index (Phi) is 4.29. The van der Waals surface area contributed by atoms with Crippen LogP contribution in [0.4, 0.5) is 5.13 Å². The number of carbonyl (C=O) groups is 1. The van der Waals surface area contributed by atoms with E-state index in [2.05, 4.69) is 15.3 Å². The van der Waals surface area contributed by atoms with Crippen molar-refractivity contribution in [2.24, 2.45) is 0 Å². The van der Waals surface area contributed by atoms with Crippen LogP contribution in [0.5, 0.6) is 0 Å². The lowest BCUT2D eigenvalue weighted by atomic mass is 10.2. The molecule has 132 valence electrons. The Morgan fingerprint density at radius 1 is 1.23 bits per heavy atom. The van der Waals surface area contributed by atoms with Crippen LogP contribution in [-0.2, 0) is 11.3 Å². The third-order valence-electron chi connectivity index (χ3n) is 4.28. The van der Waals surface area contributed by atoms with Gasteiger partial charge in [-0.15, -0.1) is 11.3 Å². The van der Waals surface area contributed by atoms with E-state index in [9.17, 15) is 9.59 Å². The van der Waals surface area contributed by atoms with Gasteiger partial charge in [-0.25, -0.2) is 9.97 Å². The lowest BCUT2D eigenvalue weighted by Gasteiger charge is -2.05. The first-order valence-corrected chi connectivity index (χ1v) is 9.77. The van der Waals surface area contributed by atoms with Gasteiger partial charge in [-0.3, -0.25) is 14.2 Å². The highest BCUT2D eigenvalue weighted by Gasteiger charge is 2.13. The molecule has 0 unspecified atom stereocenters. The van der Waals surface area contributed by atoms with Gasteiger partial charge in [0, 0.05) is 17.8 Å². The number of benzene rings is 1. The molecule has 0 aliphatic heterocycles. The van der Waals surface area contributed by atoms with Crippen LogP contribution in [0.25, 0.3) is 20.4 Å². The van der Waals surface area contributed by atoms with Gasteiger partial charge in [0.25, 0.3) is 5.56 Å². The monoisotopic (exact) mass is 384 g/mol. The summed E-state index contributed by atoms with van der Waals surface area (Å²) in [5.41, 5.74) is 1.74. The number of amides is 1. The second-order valence-corrected chi connectivity index (χ2v) is 8.23. The number of carbonyl (C=O) groups excluding carboxylic acids is 1. The van der Waals surface area contributed by atoms with E-state index in [0.29, 0.717) is 10.5 Å². The molecule has 0 bridgehead atoms. The summed E-state index contributed by atoms with van der Waals surface area (Å²) in [6.07, 6.45) is 1.70. The topological polar surface area (TPSA) is 76.9 Å². The number of thiazole rings is 1. The number of aromatic nitrogens is 3. The quantitative estimate of drug-likeness (QED) is 0.582. The summed E-state index contributed by atoms with van der Waals surface area (Å²) >= 11 is 2.95. The molecule has 0 saturated heterocycles. The van der Waals surface area contributed by atoms with Gasteiger partial charge >= 0.3 is 0 Å². The van der Waals surface area contributed by atoms with Crippen molar-refractivity contribution in [3.63, 3.8) is 0 Å². The van der Waals surface area contributed by atoms with Crippen LogP contribution in [0, 0.1) is 13.8 Å². The molecule has 0 aliphatic rings. The highest BCUT2D eigenvalue weighted by molar-refractivity contribution is 7.22. The summed E-state index contributed by atoms with van der Waals surface area (Å²) in [6, 6.07) is 7.73. The first kappa shape index (κ1) is 16.9. The minimum absolute atomic E-state index is 0.0929. The molecule has 0 saturated carbocycles. The Labute approximate surface area is 157 Å². The summed E-state index contributed by atoms with van der Waals surface area (Å²) in [7, 11) is 0. The molecule has 26 heavy (non-hydrogen) atoms. The third-order valence-corrected chi connectivity index (χ3v) is 6.34. The van der Waals surface area contributed by atoms with Gasteiger partial charge in [-0.2, -0.15) is 0 Å². The number of nitrogens with zero attached hydrogens (tertiary/aromatic N) is 3. The van der Waals surface area contributed by atoms with Gasteiger partial charge < -0.3 is 5.32 Å². The molecule has 3 aromatic heterocycles. The van der Waals surface area contributed by atoms with E-state index in [0.717, 1.165) is 25.5 Å². The predicted molar refractivity (Wildman–Crippen MR) is 106 cm³/mol. The zero-order chi connectivity index (χ0) is 18.3. The minimum Gasteiger partial charge on any atom is -0.302 e. The maximum absolute atomic E-state index is 12.6. The van der Waals surface area contributed by atoms with Crippen LogP contribution in [0.3, 0.4) is 0 Å². The van der Waals surface area contributed by atoms with E-state index in [1.807, 2.05) is 38.1 Å². The van der Waals surface area contributed by atoms with Crippen molar-refractivity contribution in [2.45, 2.75) is 26.8 Å². The van der Waals surface area contributed by atoms with E-state index < -0.39 is 0 Å². The molecular weight excluding hydrogens is 368 g/mol. The first-order valence-electron chi connectivity index (χ1n) is 8.13. The summed E-state index contributed by atoms with van der Waals surface area (Å²) in [5, 5.41) is 4.03. The lowest BCUT2D eigenvalue weighted by molar-refractivity contribution is -0.116. The first-order chi connectivity index (χ1) is 12.5. The maximum atomic E-state index is 12.6. The van der Waals surface area contributed by atoms with Crippen LogP contribution in [-0.4, -0.2) is 20.4 Å². The van der Waals surface area contributed by atoms with Crippen molar-refractivity contribution in [3.8, 4) is 0 Å². The van der Waals surface area contributed by atoms with Crippen molar-refractivity contribution in [1.82, 2.24) is 14.5 Å². The van der Waals surface area contributed by atoms with E-state index in [1.54, 1.807) is 0 Å². The Hall–Kier alpha value is -2.58. The fourth-order valence-corrected chi connectivity index (χ4v) is 4.63. The molecule has 0 radical (unpaired) electrons. The van der Waals surface area contributed by atoms with Crippen LogP contribution in [0.2, 0.25) is 0 Å². The number of nitrogens with one attached hydrogen (secondary N) is 1. The van der Waals surface area contributed by atoms with Crippen LogP contribution in [0.15, 0.2) is 35.4 Å². The van der Waals surface area contributed by atoms with Gasteiger partial charge in [0.2, 0.25) is 5.91 Å². The van der Waals surface area contributed by atoms with Crippen LogP contribution < -0.4 is 10.9 Å². The molecule has 4 aromatic rings. The predicted octanol–water partition coefficient (Wildman–Crippen LogP) is 3.71. The maximum Gasteiger partial charge on any atom is 0.262 e. The fraction of sp³-hybridized carbons (Fsp3) is 0.222. The largest absolute Gasteiger partial charge is 0.302 e. The van der Waals surface area contributed by atoms with Crippen molar-refractivity contribution in [1.29, 1.82) is 0 Å². The van der Waals surface area contributed by atoms with Gasteiger partial charge in [-0.1, -0.05) is 23.5 Å². The molecule has 1 N–H and O–H groups in total. The molecule has 8 heteroatoms. The molecule has 0 atom stereocenters. The molecular formula is C18H16N4O2S2. The summed E-state index contributed by atoms with van der Waals surface area (Å²) in [5.74, 6) is -0.172. The zero-order valence-corrected chi connectivity index (χ0v) is 15.9. The Bertz CT molecular complexity index is 1160. The average molecular weight is 384 g/mol. The van der Waals surface area contributed by atoms with Gasteiger partial charge in [0.1, 0.15) is 4.83 Å². The van der Waals surface area contributed by atoms with E-state index in [4.69, 9.17) is 0 Å². The number of fused-ring (bicyclic) bond motifs is 2. The molecule has 1 amide bonds. The van der Waals surface area contributed by atoms with E-state index in [1.165, 1.54) is 33.6 Å². The Morgan fingerprint density at radius 3 is 2.85 bits per heavy atom. The van der Waals surface area contributed by atoms with Crippen LogP contribution >= 0.6 is 22.7 Å². The standard InChI is InChI=1S/C18H16N4O2S2/c1-10-11(2)25-16-15(10)17(24)22(9-19-16)8-7-14(23)21-18-20-12-5-3-4-6-13(12)26-18/h3-6,9H,7-8H2,1-2H3,(H,20,21,23). The van der Waals surface area contributed by atoms with E-state index >= 15 is 0 Å². The van der Waals surface area contributed by atoms with Crippen molar-refractivity contribution in [2.75, 3.05) is 5.32 Å². The highest BCUT2D eigenvalue weighted by atomic mass is 32.1.